The summed E-state index contributed by atoms with van der Waals surface area (Å²) in [5, 5.41) is 7.62. The lowest BCUT2D eigenvalue weighted by atomic mass is 9.96. The highest BCUT2D eigenvalue weighted by Gasteiger charge is 2.52. The first-order valence-electron chi connectivity index (χ1n) is 8.07. The van der Waals surface area contributed by atoms with E-state index in [-0.39, 0.29) is 18.5 Å². The van der Waals surface area contributed by atoms with Crippen LogP contribution in [0.15, 0.2) is 24.3 Å². The van der Waals surface area contributed by atoms with Gasteiger partial charge in [0.2, 0.25) is 0 Å². The van der Waals surface area contributed by atoms with E-state index in [1.54, 1.807) is 23.9 Å². The highest BCUT2D eigenvalue weighted by Crippen LogP contribution is 2.49. The molecule has 1 aromatic heterocycles. The molecule has 0 spiro atoms. The smallest absolute Gasteiger partial charge is 0.317 e. The molecule has 0 radical (unpaired) electrons. The van der Waals surface area contributed by atoms with Crippen molar-refractivity contribution in [3.05, 3.63) is 46.2 Å². The fourth-order valence-electron chi connectivity index (χ4n) is 2.90. The number of esters is 1. The van der Waals surface area contributed by atoms with Crippen LogP contribution in [0.2, 0.25) is 5.02 Å². The molecule has 0 bridgehead atoms. The Labute approximate surface area is 151 Å². The number of carbonyl (C=O) groups is 2. The molecule has 1 heterocycles. The van der Waals surface area contributed by atoms with Gasteiger partial charge < -0.3 is 10.1 Å². The average Bonchev–Trinajstić information content (AvgIpc) is 3.35. The van der Waals surface area contributed by atoms with Gasteiger partial charge >= 0.3 is 5.97 Å². The van der Waals surface area contributed by atoms with E-state index in [1.807, 2.05) is 26.0 Å². The number of benzene rings is 1. The van der Waals surface area contributed by atoms with Crippen LogP contribution in [-0.4, -0.2) is 28.3 Å². The zero-order valence-corrected chi connectivity index (χ0v) is 15.2. The maximum atomic E-state index is 12.5. The molecule has 0 atom stereocenters. The van der Waals surface area contributed by atoms with E-state index in [1.165, 1.54) is 0 Å². The molecule has 25 heavy (non-hydrogen) atoms. The Kier molecular flexibility index (Phi) is 4.56. The van der Waals surface area contributed by atoms with Gasteiger partial charge in [-0.3, -0.25) is 14.3 Å². The fourth-order valence-corrected chi connectivity index (χ4v) is 3.03. The summed E-state index contributed by atoms with van der Waals surface area (Å²) in [5.74, 6) is -0.746. The molecule has 1 aliphatic carbocycles. The molecular formula is C18H20ClN3O3. The summed E-state index contributed by atoms with van der Waals surface area (Å²) >= 11 is 5.89. The van der Waals surface area contributed by atoms with E-state index < -0.39 is 5.41 Å². The van der Waals surface area contributed by atoms with Crippen LogP contribution in [-0.2, 0) is 26.8 Å². The minimum absolute atomic E-state index is 0.318. The Balaban J connectivity index is 1.60. The maximum absolute atomic E-state index is 12.5. The second-order valence-electron chi connectivity index (χ2n) is 6.38. The molecule has 1 N–H and O–H groups in total. The fraction of sp³-hybridized carbons (Fsp3) is 0.389. The first kappa shape index (κ1) is 17.5. The summed E-state index contributed by atoms with van der Waals surface area (Å²) in [5.41, 5.74) is 2.46. The Morgan fingerprint density at radius 2 is 1.92 bits per heavy atom. The van der Waals surface area contributed by atoms with Crippen LogP contribution in [0.5, 0.6) is 0 Å². The number of hydrogen-bond donors (Lipinski definition) is 1. The number of rotatable bonds is 5. The van der Waals surface area contributed by atoms with Crippen molar-refractivity contribution in [2.75, 3.05) is 11.9 Å². The molecule has 132 valence electrons. The van der Waals surface area contributed by atoms with Crippen molar-refractivity contribution in [3.63, 3.8) is 0 Å². The molecule has 2 aromatic rings. The normalized spacial score (nSPS) is 14.9. The monoisotopic (exact) mass is 361 g/mol. The van der Waals surface area contributed by atoms with Gasteiger partial charge in [0, 0.05) is 12.1 Å². The number of anilines is 1. The molecule has 1 fully saturated rings. The van der Waals surface area contributed by atoms with Gasteiger partial charge in [0.1, 0.15) is 0 Å². The summed E-state index contributed by atoms with van der Waals surface area (Å²) in [6.45, 7) is 3.36. The van der Waals surface area contributed by atoms with Crippen LogP contribution in [0.4, 0.5) is 5.69 Å². The van der Waals surface area contributed by atoms with Crippen LogP contribution in [0.1, 0.15) is 29.8 Å². The van der Waals surface area contributed by atoms with Gasteiger partial charge in [-0.05, 0) is 44.4 Å². The minimum Gasteiger partial charge on any atom is -0.455 e. The second-order valence-corrected chi connectivity index (χ2v) is 6.82. The van der Waals surface area contributed by atoms with Crippen molar-refractivity contribution in [2.24, 2.45) is 7.05 Å². The number of ether oxygens (including phenoxy) is 1. The van der Waals surface area contributed by atoms with Crippen LogP contribution < -0.4 is 5.32 Å². The molecule has 0 aliphatic heterocycles. The molecule has 1 aromatic carbocycles. The lowest BCUT2D eigenvalue weighted by Gasteiger charge is -2.15. The highest BCUT2D eigenvalue weighted by atomic mass is 35.5. The number of carbonyl (C=O) groups excluding carboxylic acids is 2. The summed E-state index contributed by atoms with van der Waals surface area (Å²) in [6, 6.07) is 7.17. The zero-order chi connectivity index (χ0) is 18.2. The molecule has 6 nitrogen and oxygen atoms in total. The molecular weight excluding hydrogens is 342 g/mol. The van der Waals surface area contributed by atoms with E-state index in [2.05, 4.69) is 10.4 Å². The van der Waals surface area contributed by atoms with Crippen LogP contribution in [0.25, 0.3) is 0 Å². The first-order chi connectivity index (χ1) is 11.8. The molecule has 0 saturated heterocycles. The number of aromatic nitrogens is 2. The summed E-state index contributed by atoms with van der Waals surface area (Å²) in [6.07, 6.45) is 1.44. The predicted molar refractivity (Wildman–Crippen MR) is 94.6 cm³/mol. The van der Waals surface area contributed by atoms with Crippen molar-refractivity contribution >= 4 is 29.2 Å². The summed E-state index contributed by atoms with van der Waals surface area (Å²) in [7, 11) is 1.81. The number of nitrogens with zero attached hydrogens (tertiary/aromatic N) is 2. The van der Waals surface area contributed by atoms with Gasteiger partial charge in [0.25, 0.3) is 5.91 Å². The molecule has 3 rings (SSSR count). The largest absolute Gasteiger partial charge is 0.455 e. The van der Waals surface area contributed by atoms with Crippen LogP contribution in [0.3, 0.4) is 0 Å². The number of amides is 1. The lowest BCUT2D eigenvalue weighted by Crippen LogP contribution is -2.28. The van der Waals surface area contributed by atoms with Gasteiger partial charge in [0.05, 0.1) is 22.5 Å². The molecule has 0 unspecified atom stereocenters. The lowest BCUT2D eigenvalue weighted by molar-refractivity contribution is -0.150. The number of hydrogen-bond acceptors (Lipinski definition) is 4. The predicted octanol–water partition coefficient (Wildman–Crippen LogP) is 2.90. The first-order valence-corrected chi connectivity index (χ1v) is 8.44. The van der Waals surface area contributed by atoms with E-state index >= 15 is 0 Å². The standard InChI is InChI=1S/C18H20ClN3O3/c1-11-16(12(2)22(3)21-11)20-15(23)10-25-17(24)18(8-9-18)13-4-6-14(19)7-5-13/h4-7H,8-10H2,1-3H3,(H,20,23). The maximum Gasteiger partial charge on any atom is 0.317 e. The van der Waals surface area contributed by atoms with Crippen molar-refractivity contribution in [1.82, 2.24) is 9.78 Å². The van der Waals surface area contributed by atoms with Crippen LogP contribution in [0, 0.1) is 13.8 Å². The topological polar surface area (TPSA) is 73.2 Å². The average molecular weight is 362 g/mol. The van der Waals surface area contributed by atoms with E-state index in [0.29, 0.717) is 10.7 Å². The van der Waals surface area contributed by atoms with Gasteiger partial charge in [-0.25, -0.2) is 0 Å². The third-order valence-corrected chi connectivity index (χ3v) is 4.90. The molecule has 1 saturated carbocycles. The SMILES string of the molecule is Cc1nn(C)c(C)c1NC(=O)COC(=O)C1(c2ccc(Cl)cc2)CC1. The van der Waals surface area contributed by atoms with Crippen molar-refractivity contribution in [3.8, 4) is 0 Å². The highest BCUT2D eigenvalue weighted by molar-refractivity contribution is 6.30. The molecule has 7 heteroatoms. The molecule has 1 amide bonds. The number of nitrogens with one attached hydrogen (secondary N) is 1. The number of aryl methyl sites for hydroxylation is 2. The Bertz CT molecular complexity index is 823. The van der Waals surface area contributed by atoms with E-state index in [4.69, 9.17) is 16.3 Å². The van der Waals surface area contributed by atoms with E-state index in [0.717, 1.165) is 29.8 Å². The second kappa shape index (κ2) is 6.52. The van der Waals surface area contributed by atoms with Gasteiger partial charge in [-0.2, -0.15) is 5.10 Å². The van der Waals surface area contributed by atoms with Gasteiger partial charge in [-0.1, -0.05) is 23.7 Å². The van der Waals surface area contributed by atoms with Crippen molar-refractivity contribution in [1.29, 1.82) is 0 Å². The summed E-state index contributed by atoms with van der Waals surface area (Å²) < 4.78 is 6.95. The third-order valence-electron chi connectivity index (χ3n) is 4.65. The van der Waals surface area contributed by atoms with E-state index in [9.17, 15) is 9.59 Å². The Morgan fingerprint density at radius 1 is 1.28 bits per heavy atom. The third kappa shape index (κ3) is 3.39. The Hall–Kier alpha value is -2.34. The van der Waals surface area contributed by atoms with Gasteiger partial charge in [0.15, 0.2) is 6.61 Å². The zero-order valence-electron chi connectivity index (χ0n) is 14.4. The number of halogens is 1. The quantitative estimate of drug-likeness (QED) is 0.831. The van der Waals surface area contributed by atoms with Crippen molar-refractivity contribution < 1.29 is 14.3 Å². The Morgan fingerprint density at radius 3 is 2.44 bits per heavy atom. The summed E-state index contributed by atoms with van der Waals surface area (Å²) in [4.78, 5) is 24.6. The minimum atomic E-state index is -0.634. The molecule has 1 aliphatic rings. The van der Waals surface area contributed by atoms with Gasteiger partial charge in [-0.15, -0.1) is 0 Å². The van der Waals surface area contributed by atoms with Crippen molar-refractivity contribution in [2.45, 2.75) is 32.1 Å². The van der Waals surface area contributed by atoms with Crippen LogP contribution >= 0.6 is 11.6 Å².